The molecule has 0 spiro atoms. The zero-order chi connectivity index (χ0) is 19.1. The van der Waals surface area contributed by atoms with Crippen LogP contribution in [-0.4, -0.2) is 57.1 Å². The predicted octanol–water partition coefficient (Wildman–Crippen LogP) is 2.67. The first-order chi connectivity index (χ1) is 12.4. The molecule has 1 aliphatic rings. The monoisotopic (exact) mass is 361 g/mol. The van der Waals surface area contributed by atoms with Crippen molar-refractivity contribution in [1.29, 1.82) is 0 Å². The van der Waals surface area contributed by atoms with Gasteiger partial charge in [-0.1, -0.05) is 26.2 Å². The first-order valence-electron chi connectivity index (χ1n) is 9.42. The van der Waals surface area contributed by atoms with Crippen molar-refractivity contribution in [1.82, 2.24) is 10.2 Å². The molecule has 1 atom stereocenters. The summed E-state index contributed by atoms with van der Waals surface area (Å²) in [4.78, 5) is 28.0. The number of benzene rings is 1. The molecule has 1 aromatic rings. The van der Waals surface area contributed by atoms with Gasteiger partial charge in [0.2, 0.25) is 5.91 Å². The minimum atomic E-state index is -0.0480. The van der Waals surface area contributed by atoms with Gasteiger partial charge in [-0.3, -0.25) is 9.59 Å². The lowest BCUT2D eigenvalue weighted by molar-refractivity contribution is -0.121. The number of nitrogens with one attached hydrogen (secondary N) is 1. The van der Waals surface area contributed by atoms with Gasteiger partial charge in [-0.05, 0) is 24.6 Å². The third-order valence-electron chi connectivity index (χ3n) is 4.74. The number of ether oxygens (including phenoxy) is 1. The number of carbonyl (C=O) groups is 2. The molecule has 1 heterocycles. The molecular weight excluding hydrogens is 330 g/mol. The van der Waals surface area contributed by atoms with E-state index in [1.807, 2.05) is 24.1 Å². The van der Waals surface area contributed by atoms with Crippen LogP contribution >= 0.6 is 0 Å². The molecule has 2 rings (SSSR count). The molecule has 26 heavy (non-hydrogen) atoms. The van der Waals surface area contributed by atoms with E-state index in [2.05, 4.69) is 12.2 Å². The quantitative estimate of drug-likeness (QED) is 0.723. The molecule has 2 amide bonds. The first kappa shape index (κ1) is 20.1. The summed E-state index contributed by atoms with van der Waals surface area (Å²) in [6.45, 7) is 3.37. The zero-order valence-corrected chi connectivity index (χ0v) is 16.4. The van der Waals surface area contributed by atoms with Gasteiger partial charge in [0, 0.05) is 33.3 Å². The highest BCUT2D eigenvalue weighted by Crippen LogP contribution is 2.34. The summed E-state index contributed by atoms with van der Waals surface area (Å²) < 4.78 is 5.81. The number of hydrogen-bond acceptors (Lipinski definition) is 4. The number of unbranched alkanes of at least 4 members (excludes halogenated alkanes) is 3. The number of fused-ring (bicyclic) bond motifs is 1. The molecule has 1 aliphatic heterocycles. The van der Waals surface area contributed by atoms with Crippen LogP contribution in [0.2, 0.25) is 0 Å². The van der Waals surface area contributed by atoms with E-state index in [1.165, 1.54) is 12.8 Å². The van der Waals surface area contributed by atoms with Gasteiger partial charge in [0.1, 0.15) is 12.4 Å². The number of amides is 2. The molecule has 0 unspecified atom stereocenters. The van der Waals surface area contributed by atoms with Crippen LogP contribution in [0.3, 0.4) is 0 Å². The summed E-state index contributed by atoms with van der Waals surface area (Å²) in [5, 5.41) is 3.00. The van der Waals surface area contributed by atoms with E-state index in [0.29, 0.717) is 18.6 Å². The fourth-order valence-electron chi connectivity index (χ4n) is 3.06. The number of nitrogens with zero attached hydrogens (tertiary/aromatic N) is 2. The number of rotatable bonds is 8. The molecule has 0 saturated carbocycles. The highest BCUT2D eigenvalue weighted by molar-refractivity contribution is 5.95. The summed E-state index contributed by atoms with van der Waals surface area (Å²) in [5.41, 5.74) is 1.47. The topological polar surface area (TPSA) is 61.9 Å². The van der Waals surface area contributed by atoms with Crippen LogP contribution in [0.1, 0.15) is 49.4 Å². The van der Waals surface area contributed by atoms with Crippen LogP contribution in [0.4, 0.5) is 5.69 Å². The molecule has 0 fully saturated rings. The van der Waals surface area contributed by atoms with Gasteiger partial charge in [0.25, 0.3) is 5.91 Å². The first-order valence-corrected chi connectivity index (χ1v) is 9.42. The average molecular weight is 361 g/mol. The van der Waals surface area contributed by atoms with Gasteiger partial charge in [-0.25, -0.2) is 0 Å². The second-order valence-corrected chi connectivity index (χ2v) is 7.07. The van der Waals surface area contributed by atoms with Crippen molar-refractivity contribution in [3.05, 3.63) is 23.8 Å². The number of hydrogen-bond donors (Lipinski definition) is 1. The SMILES string of the molecule is CCCCCCNC(=O)C[C@H]1COc2ccc(C(=O)N(C)C)cc2N1C. The maximum absolute atomic E-state index is 12.2. The van der Waals surface area contributed by atoms with E-state index in [9.17, 15) is 9.59 Å². The summed E-state index contributed by atoms with van der Waals surface area (Å²) in [6, 6.07) is 5.40. The largest absolute Gasteiger partial charge is 0.489 e. The van der Waals surface area contributed by atoms with Crippen molar-refractivity contribution >= 4 is 17.5 Å². The lowest BCUT2D eigenvalue weighted by Crippen LogP contribution is -2.44. The van der Waals surface area contributed by atoms with Gasteiger partial charge >= 0.3 is 0 Å². The Morgan fingerprint density at radius 3 is 2.73 bits per heavy atom. The molecule has 144 valence electrons. The van der Waals surface area contributed by atoms with Gasteiger partial charge in [0.05, 0.1) is 18.2 Å². The molecule has 0 saturated heterocycles. The Morgan fingerprint density at radius 2 is 2.04 bits per heavy atom. The Hall–Kier alpha value is -2.24. The highest BCUT2D eigenvalue weighted by Gasteiger charge is 2.27. The van der Waals surface area contributed by atoms with Gasteiger partial charge in [-0.15, -0.1) is 0 Å². The second-order valence-electron chi connectivity index (χ2n) is 7.07. The Bertz CT molecular complexity index is 631. The second kappa shape index (κ2) is 9.46. The summed E-state index contributed by atoms with van der Waals surface area (Å²) in [6.07, 6.45) is 4.96. The number of likely N-dealkylation sites (N-methyl/N-ethyl adjacent to an activating group) is 1. The van der Waals surface area contributed by atoms with Crippen LogP contribution in [0, 0.1) is 0 Å². The Morgan fingerprint density at radius 1 is 1.27 bits per heavy atom. The third kappa shape index (κ3) is 5.13. The summed E-state index contributed by atoms with van der Waals surface area (Å²) in [7, 11) is 5.41. The number of carbonyl (C=O) groups excluding carboxylic acids is 2. The Kier molecular flexibility index (Phi) is 7.30. The van der Waals surface area contributed by atoms with Crippen molar-refractivity contribution in [2.24, 2.45) is 0 Å². The summed E-state index contributed by atoms with van der Waals surface area (Å²) in [5.74, 6) is 0.748. The zero-order valence-electron chi connectivity index (χ0n) is 16.4. The van der Waals surface area contributed by atoms with Crippen molar-refractivity contribution in [2.45, 2.75) is 45.1 Å². The van der Waals surface area contributed by atoms with Crippen molar-refractivity contribution in [2.75, 3.05) is 39.2 Å². The maximum atomic E-state index is 12.2. The van der Waals surface area contributed by atoms with Crippen molar-refractivity contribution in [3.8, 4) is 5.75 Å². The lowest BCUT2D eigenvalue weighted by Gasteiger charge is -2.35. The third-order valence-corrected chi connectivity index (χ3v) is 4.74. The Labute approximate surface area is 156 Å². The van der Waals surface area contributed by atoms with E-state index < -0.39 is 0 Å². The smallest absolute Gasteiger partial charge is 0.253 e. The minimum Gasteiger partial charge on any atom is -0.489 e. The van der Waals surface area contributed by atoms with Crippen molar-refractivity contribution < 1.29 is 14.3 Å². The molecule has 6 nitrogen and oxygen atoms in total. The van der Waals surface area contributed by atoms with Crippen molar-refractivity contribution in [3.63, 3.8) is 0 Å². The molecule has 0 aliphatic carbocycles. The van der Waals surface area contributed by atoms with E-state index in [1.54, 1.807) is 25.1 Å². The fourth-order valence-corrected chi connectivity index (χ4v) is 3.06. The molecule has 1 aromatic carbocycles. The fraction of sp³-hybridized carbons (Fsp3) is 0.600. The molecular formula is C20H31N3O3. The normalized spacial score (nSPS) is 15.8. The van der Waals surface area contributed by atoms with Crippen LogP contribution < -0.4 is 15.0 Å². The predicted molar refractivity (Wildman–Crippen MR) is 104 cm³/mol. The van der Waals surface area contributed by atoms with Crippen LogP contribution in [0.5, 0.6) is 5.75 Å². The molecule has 0 radical (unpaired) electrons. The standard InChI is InChI=1S/C20H31N3O3/c1-5-6-7-8-11-21-19(24)13-16-14-26-18-10-9-15(20(25)22(2)3)12-17(18)23(16)4/h9-10,12,16H,5-8,11,13-14H2,1-4H3,(H,21,24)/t16-/m0/s1. The van der Waals surface area contributed by atoms with Gasteiger partial charge < -0.3 is 19.9 Å². The van der Waals surface area contributed by atoms with E-state index in [0.717, 1.165) is 30.8 Å². The lowest BCUT2D eigenvalue weighted by atomic mass is 10.1. The van der Waals surface area contributed by atoms with Crippen LogP contribution in [0.15, 0.2) is 18.2 Å². The average Bonchev–Trinajstić information content (AvgIpc) is 2.63. The molecule has 1 N–H and O–H groups in total. The number of anilines is 1. The maximum Gasteiger partial charge on any atom is 0.253 e. The molecule has 0 aromatic heterocycles. The van der Waals surface area contributed by atoms with E-state index in [4.69, 9.17) is 4.74 Å². The minimum absolute atomic E-state index is 0.0390. The van der Waals surface area contributed by atoms with Crippen LogP contribution in [0.25, 0.3) is 0 Å². The molecule has 0 bridgehead atoms. The highest BCUT2D eigenvalue weighted by atomic mass is 16.5. The Balaban J connectivity index is 1.95. The van der Waals surface area contributed by atoms with E-state index in [-0.39, 0.29) is 17.9 Å². The van der Waals surface area contributed by atoms with Gasteiger partial charge in [-0.2, -0.15) is 0 Å². The molecule has 6 heteroatoms. The van der Waals surface area contributed by atoms with Crippen LogP contribution in [-0.2, 0) is 4.79 Å². The van der Waals surface area contributed by atoms with Gasteiger partial charge in [0.15, 0.2) is 0 Å². The summed E-state index contributed by atoms with van der Waals surface area (Å²) >= 11 is 0. The van der Waals surface area contributed by atoms with E-state index >= 15 is 0 Å².